The van der Waals surface area contributed by atoms with Gasteiger partial charge in [0, 0.05) is 40.0 Å². The smallest absolute Gasteiger partial charge is 0.119 e. The van der Waals surface area contributed by atoms with Gasteiger partial charge < -0.3 is 14.7 Å². The number of hydrogen-bond acceptors (Lipinski definition) is 2. The maximum Gasteiger partial charge on any atom is 0.119 e. The Hall–Kier alpha value is -2.29. The number of benzene rings is 2. The summed E-state index contributed by atoms with van der Waals surface area (Å²) in [6, 6.07) is 12.8. The number of nitrogens with zero attached hydrogens (tertiary/aromatic N) is 1. The Balaban J connectivity index is 2.25. The lowest BCUT2D eigenvalue weighted by Crippen LogP contribution is -2.18. The normalized spacial score (nSPS) is 17.9. The lowest BCUT2D eigenvalue weighted by atomic mass is 9.97. The molecule has 0 saturated carbocycles. The molecule has 2 aromatic carbocycles. The van der Waals surface area contributed by atoms with Crippen LogP contribution < -0.4 is 4.74 Å². The number of fused-ring (bicyclic) bond motifs is 3. The van der Waals surface area contributed by atoms with Crippen molar-refractivity contribution in [3.63, 3.8) is 0 Å². The van der Waals surface area contributed by atoms with Crippen LogP contribution in [0.2, 0.25) is 0 Å². The van der Waals surface area contributed by atoms with Gasteiger partial charge in [-0.25, -0.2) is 0 Å². The van der Waals surface area contributed by atoms with Gasteiger partial charge >= 0.3 is 0 Å². The molecule has 0 radical (unpaired) electrons. The monoisotopic (exact) mass is 264 g/mol. The molecule has 0 saturated heterocycles. The second-order valence-corrected chi connectivity index (χ2v) is 5.49. The summed E-state index contributed by atoms with van der Waals surface area (Å²) in [5.41, 5.74) is 4.23. The first-order valence-corrected chi connectivity index (χ1v) is 6.89. The first-order chi connectivity index (χ1) is 9.70. The molecule has 100 valence electrons. The van der Waals surface area contributed by atoms with Crippen molar-refractivity contribution in [3.05, 3.63) is 42.0 Å². The summed E-state index contributed by atoms with van der Waals surface area (Å²) in [6.07, 6.45) is 0.794. The summed E-state index contributed by atoms with van der Waals surface area (Å²) in [4.78, 5) is 0. The fourth-order valence-corrected chi connectivity index (χ4v) is 3.41. The Kier molecular flexibility index (Phi) is 2.22. The van der Waals surface area contributed by atoms with Crippen LogP contribution in [-0.2, 0) is 0 Å². The molecule has 0 amide bonds. The van der Waals surface area contributed by atoms with Gasteiger partial charge in [-0.15, -0.1) is 0 Å². The van der Waals surface area contributed by atoms with Gasteiger partial charge in [0.05, 0.1) is 12.6 Å². The van der Waals surface area contributed by atoms with E-state index in [1.807, 2.05) is 12.1 Å². The number of para-hydroxylation sites is 1. The minimum Gasteiger partial charge on any atom is -0.497 e. The van der Waals surface area contributed by atoms with Crippen molar-refractivity contribution in [2.24, 2.45) is 0 Å². The summed E-state index contributed by atoms with van der Waals surface area (Å²) in [5, 5.41) is 10.7. The molecule has 3 aromatic rings. The average Bonchev–Trinajstić information content (AvgIpc) is 2.79. The Morgan fingerprint density at radius 3 is 2.85 bits per heavy atom. The molecule has 4 rings (SSSR count). The van der Waals surface area contributed by atoms with E-state index in [0.717, 1.165) is 23.4 Å². The average molecular weight is 264 g/mol. The maximum atomic E-state index is 8.25. The van der Waals surface area contributed by atoms with Gasteiger partial charge in [0.15, 0.2) is 0 Å². The standard InChI is InChI=1S/C17H16N2O/c1-10-8-15(18)13-5-3-4-12-14-9-11(20-2)6-7-16(14)19(10)17(12)13/h3-7,9-10,18H,8H2,1-2H3. The molecule has 0 fully saturated rings. The second-order valence-electron chi connectivity index (χ2n) is 5.49. The van der Waals surface area contributed by atoms with Gasteiger partial charge in [0.1, 0.15) is 5.75 Å². The molecular weight excluding hydrogens is 248 g/mol. The van der Waals surface area contributed by atoms with E-state index < -0.39 is 0 Å². The summed E-state index contributed by atoms with van der Waals surface area (Å²) < 4.78 is 7.73. The quantitative estimate of drug-likeness (QED) is 0.705. The zero-order valence-corrected chi connectivity index (χ0v) is 11.6. The van der Waals surface area contributed by atoms with Gasteiger partial charge in [-0.2, -0.15) is 0 Å². The van der Waals surface area contributed by atoms with Crippen LogP contribution >= 0.6 is 0 Å². The molecular formula is C17H16N2O. The van der Waals surface area contributed by atoms with E-state index in [0.29, 0.717) is 6.04 Å². The number of rotatable bonds is 1. The minimum absolute atomic E-state index is 0.325. The highest BCUT2D eigenvalue weighted by molar-refractivity contribution is 6.18. The molecule has 1 aliphatic heterocycles. The molecule has 1 aromatic heterocycles. The lowest BCUT2D eigenvalue weighted by Gasteiger charge is -2.24. The third-order valence-electron chi connectivity index (χ3n) is 4.30. The van der Waals surface area contributed by atoms with E-state index in [1.54, 1.807) is 7.11 Å². The highest BCUT2D eigenvalue weighted by atomic mass is 16.5. The van der Waals surface area contributed by atoms with Crippen LogP contribution in [0.5, 0.6) is 5.75 Å². The van der Waals surface area contributed by atoms with Crippen LogP contribution in [0.25, 0.3) is 21.8 Å². The number of methoxy groups -OCH3 is 1. The predicted molar refractivity (Wildman–Crippen MR) is 82.2 cm³/mol. The Morgan fingerprint density at radius 2 is 2.05 bits per heavy atom. The van der Waals surface area contributed by atoms with Crippen molar-refractivity contribution < 1.29 is 4.74 Å². The van der Waals surface area contributed by atoms with Crippen molar-refractivity contribution in [1.29, 1.82) is 5.41 Å². The molecule has 0 bridgehead atoms. The third-order valence-corrected chi connectivity index (χ3v) is 4.30. The molecule has 3 heteroatoms. The zero-order chi connectivity index (χ0) is 13.9. The molecule has 2 heterocycles. The van der Waals surface area contributed by atoms with Crippen LogP contribution in [0.4, 0.5) is 0 Å². The van der Waals surface area contributed by atoms with E-state index >= 15 is 0 Å². The van der Waals surface area contributed by atoms with Crippen molar-refractivity contribution in [1.82, 2.24) is 4.57 Å². The van der Waals surface area contributed by atoms with Crippen LogP contribution in [-0.4, -0.2) is 17.4 Å². The number of hydrogen-bond donors (Lipinski definition) is 1. The van der Waals surface area contributed by atoms with Crippen LogP contribution in [0, 0.1) is 5.41 Å². The molecule has 1 unspecified atom stereocenters. The van der Waals surface area contributed by atoms with Gasteiger partial charge in [0.2, 0.25) is 0 Å². The van der Waals surface area contributed by atoms with E-state index in [-0.39, 0.29) is 0 Å². The molecule has 0 aliphatic carbocycles. The van der Waals surface area contributed by atoms with Crippen molar-refractivity contribution in [2.75, 3.05) is 7.11 Å². The number of aromatic nitrogens is 1. The first-order valence-electron chi connectivity index (χ1n) is 6.89. The van der Waals surface area contributed by atoms with E-state index in [9.17, 15) is 0 Å². The Labute approximate surface area is 117 Å². The molecule has 1 atom stereocenters. The largest absolute Gasteiger partial charge is 0.497 e. The minimum atomic E-state index is 0.325. The van der Waals surface area contributed by atoms with Gasteiger partial charge in [-0.3, -0.25) is 0 Å². The van der Waals surface area contributed by atoms with Gasteiger partial charge in [-0.1, -0.05) is 18.2 Å². The molecule has 1 N–H and O–H groups in total. The Bertz CT molecular complexity index is 860. The maximum absolute atomic E-state index is 8.25. The zero-order valence-electron chi connectivity index (χ0n) is 11.6. The van der Waals surface area contributed by atoms with Crippen molar-refractivity contribution in [2.45, 2.75) is 19.4 Å². The van der Waals surface area contributed by atoms with E-state index in [1.165, 1.54) is 21.8 Å². The third kappa shape index (κ3) is 1.32. The molecule has 0 spiro atoms. The number of ether oxygens (including phenoxy) is 1. The summed E-state index contributed by atoms with van der Waals surface area (Å²) in [6.45, 7) is 2.19. The first kappa shape index (κ1) is 11.5. The second kappa shape index (κ2) is 3.85. The van der Waals surface area contributed by atoms with E-state index in [2.05, 4.69) is 35.8 Å². The highest BCUT2D eigenvalue weighted by Crippen LogP contribution is 2.39. The summed E-state index contributed by atoms with van der Waals surface area (Å²) in [5.74, 6) is 0.879. The van der Waals surface area contributed by atoms with Crippen molar-refractivity contribution >= 4 is 27.5 Å². The van der Waals surface area contributed by atoms with Gasteiger partial charge in [-0.05, 0) is 25.1 Å². The fraction of sp³-hybridized carbons (Fsp3) is 0.235. The summed E-state index contributed by atoms with van der Waals surface area (Å²) in [7, 11) is 1.70. The predicted octanol–water partition coefficient (Wildman–Crippen LogP) is 4.14. The SMILES string of the molecule is COc1ccc2c(c1)c1cccc3c1n2C(C)CC3=N. The molecule has 1 aliphatic rings. The van der Waals surface area contributed by atoms with Crippen LogP contribution in [0.1, 0.15) is 24.9 Å². The highest BCUT2D eigenvalue weighted by Gasteiger charge is 2.25. The lowest BCUT2D eigenvalue weighted by molar-refractivity contribution is 0.415. The number of nitrogens with one attached hydrogen (secondary N) is 1. The van der Waals surface area contributed by atoms with Crippen LogP contribution in [0.15, 0.2) is 36.4 Å². The molecule has 3 nitrogen and oxygen atoms in total. The van der Waals surface area contributed by atoms with Crippen molar-refractivity contribution in [3.8, 4) is 5.75 Å². The topological polar surface area (TPSA) is 38.0 Å². The molecule has 20 heavy (non-hydrogen) atoms. The Morgan fingerprint density at radius 1 is 1.20 bits per heavy atom. The summed E-state index contributed by atoms with van der Waals surface area (Å²) >= 11 is 0. The van der Waals surface area contributed by atoms with E-state index in [4.69, 9.17) is 10.1 Å². The van der Waals surface area contributed by atoms with Gasteiger partial charge in [0.25, 0.3) is 0 Å². The van der Waals surface area contributed by atoms with Crippen LogP contribution in [0.3, 0.4) is 0 Å². The fourth-order valence-electron chi connectivity index (χ4n) is 3.41.